The number of amides is 2. The van der Waals surface area contributed by atoms with Crippen LogP contribution in [0.1, 0.15) is 52.4 Å². The maximum absolute atomic E-state index is 13.4. The van der Waals surface area contributed by atoms with Gasteiger partial charge >= 0.3 is 6.09 Å². The van der Waals surface area contributed by atoms with Crippen LogP contribution in [-0.2, 0) is 19.6 Å². The molecule has 3 aliphatic rings. The summed E-state index contributed by atoms with van der Waals surface area (Å²) in [7, 11) is -3.74. The van der Waals surface area contributed by atoms with Gasteiger partial charge in [0.1, 0.15) is 6.61 Å². The zero-order valence-electron chi connectivity index (χ0n) is 21.1. The molecule has 3 saturated heterocycles. The van der Waals surface area contributed by atoms with Crippen LogP contribution in [0.3, 0.4) is 0 Å². The van der Waals surface area contributed by atoms with Gasteiger partial charge in [0.05, 0.1) is 10.9 Å². The fourth-order valence-electron chi connectivity index (χ4n) is 5.78. The van der Waals surface area contributed by atoms with E-state index >= 15 is 0 Å². The first-order valence-electron chi connectivity index (χ1n) is 12.9. The molecule has 0 bridgehead atoms. The molecule has 1 unspecified atom stereocenters. The molecule has 3 aliphatic heterocycles. The largest absolute Gasteiger partial charge is 0.448 e. The first-order valence-corrected chi connectivity index (χ1v) is 14.7. The molecular formula is C25H37ClN4O5S. The fraction of sp³-hybridized carbons (Fsp3) is 0.680. The van der Waals surface area contributed by atoms with Crippen molar-refractivity contribution in [3.8, 4) is 0 Å². The zero-order chi connectivity index (χ0) is 25.9. The third-order valence-electron chi connectivity index (χ3n) is 7.61. The van der Waals surface area contributed by atoms with Gasteiger partial charge in [-0.05, 0) is 63.3 Å². The van der Waals surface area contributed by atoms with E-state index in [9.17, 15) is 18.0 Å². The van der Waals surface area contributed by atoms with E-state index in [-0.39, 0.29) is 35.6 Å². The molecule has 3 heterocycles. The van der Waals surface area contributed by atoms with Gasteiger partial charge < -0.3 is 15.0 Å². The van der Waals surface area contributed by atoms with Gasteiger partial charge in [0.25, 0.3) is 0 Å². The number of ether oxygens (including phenoxy) is 1. The predicted octanol–water partition coefficient (Wildman–Crippen LogP) is 3.08. The van der Waals surface area contributed by atoms with Crippen molar-refractivity contribution in [1.82, 2.24) is 19.4 Å². The minimum Gasteiger partial charge on any atom is -0.448 e. The number of sulfonamides is 1. The Morgan fingerprint density at radius 1 is 1.06 bits per heavy atom. The highest BCUT2D eigenvalue weighted by Crippen LogP contribution is 2.31. The number of nitrogens with one attached hydrogen (secondary N) is 1. The van der Waals surface area contributed by atoms with Crippen molar-refractivity contribution in [3.05, 3.63) is 29.3 Å². The van der Waals surface area contributed by atoms with E-state index in [0.717, 1.165) is 45.2 Å². The van der Waals surface area contributed by atoms with E-state index in [4.69, 9.17) is 16.3 Å². The van der Waals surface area contributed by atoms with Crippen molar-refractivity contribution < 1.29 is 22.7 Å². The van der Waals surface area contributed by atoms with Crippen LogP contribution < -0.4 is 5.32 Å². The van der Waals surface area contributed by atoms with Crippen LogP contribution in [0.4, 0.5) is 4.79 Å². The Balaban J connectivity index is 1.30. The highest BCUT2D eigenvalue weighted by molar-refractivity contribution is 7.89. The van der Waals surface area contributed by atoms with E-state index in [1.54, 1.807) is 24.0 Å². The van der Waals surface area contributed by atoms with E-state index in [2.05, 4.69) is 10.2 Å². The van der Waals surface area contributed by atoms with Crippen LogP contribution in [-0.4, -0.2) is 91.5 Å². The topological polar surface area (TPSA) is 99.3 Å². The van der Waals surface area contributed by atoms with E-state index in [1.807, 2.05) is 6.92 Å². The monoisotopic (exact) mass is 540 g/mol. The molecule has 4 rings (SSSR count). The zero-order valence-corrected chi connectivity index (χ0v) is 22.6. The molecule has 3 atom stereocenters. The highest BCUT2D eigenvalue weighted by atomic mass is 35.5. The normalized spacial score (nSPS) is 26.6. The van der Waals surface area contributed by atoms with Crippen LogP contribution in [0.2, 0.25) is 5.02 Å². The number of hydrogen-bond donors (Lipinski definition) is 1. The fourth-order valence-corrected chi connectivity index (χ4v) is 7.77. The minimum atomic E-state index is -3.74. The number of piperidine rings is 2. The number of halogens is 1. The summed E-state index contributed by atoms with van der Waals surface area (Å²) in [5, 5.41) is 3.48. The van der Waals surface area contributed by atoms with Crippen molar-refractivity contribution in [2.24, 2.45) is 0 Å². The average molecular weight is 541 g/mol. The minimum absolute atomic E-state index is 0.00584. The van der Waals surface area contributed by atoms with Crippen molar-refractivity contribution in [2.45, 2.75) is 81.4 Å². The van der Waals surface area contributed by atoms with Gasteiger partial charge in [0.2, 0.25) is 15.9 Å². The second-order valence-electron chi connectivity index (χ2n) is 10.2. The number of carbonyl (C=O) groups is 2. The summed E-state index contributed by atoms with van der Waals surface area (Å²) < 4.78 is 34.0. The molecule has 0 aromatic heterocycles. The first kappa shape index (κ1) is 27.2. The summed E-state index contributed by atoms with van der Waals surface area (Å²) in [6.45, 7) is 6.52. The van der Waals surface area contributed by atoms with Gasteiger partial charge in [-0.3, -0.25) is 9.69 Å². The van der Waals surface area contributed by atoms with Gasteiger partial charge in [-0.2, -0.15) is 4.31 Å². The maximum Gasteiger partial charge on any atom is 0.409 e. The van der Waals surface area contributed by atoms with Crippen molar-refractivity contribution >= 4 is 33.6 Å². The van der Waals surface area contributed by atoms with Crippen LogP contribution in [0.5, 0.6) is 0 Å². The summed E-state index contributed by atoms with van der Waals surface area (Å²) in [5.41, 5.74) is 0. The third-order valence-corrected chi connectivity index (χ3v) is 9.94. The molecule has 9 nitrogen and oxygen atoms in total. The molecule has 1 N–H and O–H groups in total. The Bertz CT molecular complexity index is 1030. The number of nitrogens with zero attached hydrogens (tertiary/aromatic N) is 3. The molecular weight excluding hydrogens is 504 g/mol. The van der Waals surface area contributed by atoms with Crippen LogP contribution in [0, 0.1) is 0 Å². The quantitative estimate of drug-likeness (QED) is 0.595. The molecule has 200 valence electrons. The van der Waals surface area contributed by atoms with Crippen LogP contribution in [0.25, 0.3) is 0 Å². The smallest absolute Gasteiger partial charge is 0.409 e. The van der Waals surface area contributed by atoms with Gasteiger partial charge in [-0.25, -0.2) is 13.2 Å². The standard InChI is InChI=1S/C25H37ClN4O5S/c1-18-4-3-5-23(30(18)36(33,34)24-8-6-20(26)7-9-24)17-35-25(32)28-14-11-22(12-15-28)29-13-10-21(16-29)27-19(2)31/h6-9,18,21-23H,3-5,10-17H2,1-2H3,(H,27,31)/t18-,21?,23-/m1/s1. The van der Waals surface area contributed by atoms with Crippen molar-refractivity contribution in [2.75, 3.05) is 32.8 Å². The summed E-state index contributed by atoms with van der Waals surface area (Å²) in [6, 6.07) is 6.21. The number of rotatable bonds is 6. The van der Waals surface area contributed by atoms with E-state index < -0.39 is 16.1 Å². The number of carbonyl (C=O) groups excluding carboxylic acids is 2. The lowest BCUT2D eigenvalue weighted by Gasteiger charge is -2.40. The molecule has 0 aliphatic carbocycles. The molecule has 36 heavy (non-hydrogen) atoms. The maximum atomic E-state index is 13.4. The SMILES string of the molecule is CC(=O)NC1CCN(C2CCN(C(=O)OC[C@H]3CCC[C@@H](C)N3S(=O)(=O)c3ccc(Cl)cc3)CC2)C1. The van der Waals surface area contributed by atoms with Crippen molar-refractivity contribution in [3.63, 3.8) is 0 Å². The van der Waals surface area contributed by atoms with Crippen molar-refractivity contribution in [1.29, 1.82) is 0 Å². The number of hydrogen-bond acceptors (Lipinski definition) is 6. The lowest BCUT2D eigenvalue weighted by Crippen LogP contribution is -2.52. The molecule has 3 fully saturated rings. The third kappa shape index (κ3) is 6.33. The molecule has 1 aromatic carbocycles. The summed E-state index contributed by atoms with van der Waals surface area (Å²) in [6.07, 6.45) is 4.60. The Morgan fingerprint density at radius 3 is 2.42 bits per heavy atom. The Morgan fingerprint density at radius 2 is 1.75 bits per heavy atom. The van der Waals surface area contributed by atoms with Gasteiger partial charge in [0, 0.05) is 56.3 Å². The summed E-state index contributed by atoms with van der Waals surface area (Å²) in [4.78, 5) is 28.5. The van der Waals surface area contributed by atoms with E-state index in [0.29, 0.717) is 30.6 Å². The second-order valence-corrected chi connectivity index (χ2v) is 12.5. The molecule has 1 aromatic rings. The van der Waals surface area contributed by atoms with Gasteiger partial charge in [-0.1, -0.05) is 18.0 Å². The number of likely N-dealkylation sites (tertiary alicyclic amines) is 2. The second kappa shape index (κ2) is 11.7. The Kier molecular flexibility index (Phi) is 8.80. The lowest BCUT2D eigenvalue weighted by atomic mass is 10.0. The number of benzene rings is 1. The summed E-state index contributed by atoms with van der Waals surface area (Å²) >= 11 is 5.95. The Hall–Kier alpha value is -1.88. The molecule has 0 radical (unpaired) electrons. The summed E-state index contributed by atoms with van der Waals surface area (Å²) in [5.74, 6) is 0.00584. The predicted molar refractivity (Wildman–Crippen MR) is 137 cm³/mol. The highest BCUT2D eigenvalue weighted by Gasteiger charge is 2.39. The first-order chi connectivity index (χ1) is 17.1. The lowest BCUT2D eigenvalue weighted by molar-refractivity contribution is -0.119. The van der Waals surface area contributed by atoms with Gasteiger partial charge in [0.15, 0.2) is 0 Å². The molecule has 2 amide bonds. The van der Waals surface area contributed by atoms with Crippen LogP contribution in [0.15, 0.2) is 29.2 Å². The van der Waals surface area contributed by atoms with Gasteiger partial charge in [-0.15, -0.1) is 0 Å². The Labute approximate surface area is 219 Å². The molecule has 0 spiro atoms. The van der Waals surface area contributed by atoms with Crippen LogP contribution >= 0.6 is 11.6 Å². The van der Waals surface area contributed by atoms with E-state index in [1.165, 1.54) is 16.4 Å². The molecule has 0 saturated carbocycles. The molecule has 11 heteroatoms. The average Bonchev–Trinajstić information content (AvgIpc) is 3.30.